The van der Waals surface area contributed by atoms with Crippen molar-refractivity contribution in [1.82, 2.24) is 15.0 Å². The van der Waals surface area contributed by atoms with Crippen molar-refractivity contribution in [2.24, 2.45) is 0 Å². The Bertz CT molecular complexity index is 572. The van der Waals surface area contributed by atoms with Crippen molar-refractivity contribution >= 4 is 5.82 Å². The first-order chi connectivity index (χ1) is 9.80. The van der Waals surface area contributed by atoms with Crippen LogP contribution in [0.25, 0.3) is 11.3 Å². The lowest BCUT2D eigenvalue weighted by molar-refractivity contribution is 0.413. The van der Waals surface area contributed by atoms with Gasteiger partial charge in [0.1, 0.15) is 17.9 Å². The van der Waals surface area contributed by atoms with Gasteiger partial charge in [0.15, 0.2) is 0 Å². The monoisotopic (exact) mass is 272 g/mol. The van der Waals surface area contributed by atoms with Crippen molar-refractivity contribution in [2.75, 3.05) is 19.0 Å². The van der Waals surface area contributed by atoms with Crippen LogP contribution >= 0.6 is 0 Å². The molecule has 5 heteroatoms. The van der Waals surface area contributed by atoms with Gasteiger partial charge in [-0.25, -0.2) is 9.97 Å². The summed E-state index contributed by atoms with van der Waals surface area (Å²) in [7, 11) is 1.64. The summed E-state index contributed by atoms with van der Waals surface area (Å²) < 4.78 is 5.23. The van der Waals surface area contributed by atoms with Crippen LogP contribution in [0.4, 0.5) is 5.82 Å². The minimum absolute atomic E-state index is 0.730. The molecule has 0 saturated heterocycles. The van der Waals surface area contributed by atoms with Gasteiger partial charge in [-0.1, -0.05) is 13.3 Å². The molecule has 0 aromatic carbocycles. The van der Waals surface area contributed by atoms with Gasteiger partial charge in [0.05, 0.1) is 19.0 Å². The van der Waals surface area contributed by atoms with Crippen LogP contribution in [-0.2, 0) is 6.42 Å². The van der Waals surface area contributed by atoms with Crippen molar-refractivity contribution in [3.8, 4) is 17.0 Å². The third kappa shape index (κ3) is 3.04. The summed E-state index contributed by atoms with van der Waals surface area (Å²) in [5.41, 5.74) is 3.01. The van der Waals surface area contributed by atoms with E-state index < -0.39 is 0 Å². The molecule has 2 aromatic heterocycles. The molecule has 0 bridgehead atoms. The van der Waals surface area contributed by atoms with E-state index in [4.69, 9.17) is 4.74 Å². The Morgan fingerprint density at radius 3 is 2.75 bits per heavy atom. The predicted octanol–water partition coefficient (Wildman–Crippen LogP) is 2.93. The lowest BCUT2D eigenvalue weighted by atomic mass is 10.0. The zero-order valence-corrected chi connectivity index (χ0v) is 12.2. The lowest BCUT2D eigenvalue weighted by Gasteiger charge is -2.13. The molecule has 2 aromatic rings. The van der Waals surface area contributed by atoms with E-state index in [1.807, 2.05) is 6.07 Å². The molecule has 0 aliphatic carbocycles. The van der Waals surface area contributed by atoms with Crippen molar-refractivity contribution in [2.45, 2.75) is 26.7 Å². The fourth-order valence-corrected chi connectivity index (χ4v) is 2.13. The van der Waals surface area contributed by atoms with Crippen LogP contribution in [0.15, 0.2) is 24.8 Å². The molecule has 2 heterocycles. The minimum atomic E-state index is 0.730. The van der Waals surface area contributed by atoms with Gasteiger partial charge < -0.3 is 10.1 Å². The molecule has 0 aliphatic heterocycles. The quantitative estimate of drug-likeness (QED) is 0.876. The number of ether oxygens (including phenoxy) is 1. The largest absolute Gasteiger partial charge is 0.495 e. The number of hydrogen-bond acceptors (Lipinski definition) is 5. The van der Waals surface area contributed by atoms with E-state index in [1.54, 1.807) is 25.8 Å². The zero-order valence-electron chi connectivity index (χ0n) is 12.2. The predicted molar refractivity (Wildman–Crippen MR) is 80.0 cm³/mol. The molecule has 0 unspecified atom stereocenters. The SMILES string of the molecule is CCCc1c(NCC)ncnc1-c1cncc(OC)c1. The Morgan fingerprint density at radius 2 is 2.05 bits per heavy atom. The van der Waals surface area contributed by atoms with Crippen LogP contribution in [0, 0.1) is 0 Å². The van der Waals surface area contributed by atoms with E-state index in [0.29, 0.717) is 0 Å². The molecule has 0 saturated carbocycles. The van der Waals surface area contributed by atoms with E-state index >= 15 is 0 Å². The number of nitrogens with one attached hydrogen (secondary N) is 1. The van der Waals surface area contributed by atoms with Crippen LogP contribution in [-0.4, -0.2) is 28.6 Å². The van der Waals surface area contributed by atoms with Crippen LogP contribution in [0.1, 0.15) is 25.8 Å². The summed E-state index contributed by atoms with van der Waals surface area (Å²) in [6, 6.07) is 1.95. The van der Waals surface area contributed by atoms with Crippen molar-refractivity contribution in [1.29, 1.82) is 0 Å². The van der Waals surface area contributed by atoms with Crippen LogP contribution < -0.4 is 10.1 Å². The van der Waals surface area contributed by atoms with Gasteiger partial charge in [0.25, 0.3) is 0 Å². The highest BCUT2D eigenvalue weighted by Gasteiger charge is 2.13. The van der Waals surface area contributed by atoms with Crippen LogP contribution in [0.3, 0.4) is 0 Å². The number of anilines is 1. The number of pyridine rings is 1. The summed E-state index contributed by atoms with van der Waals surface area (Å²) in [5.74, 6) is 1.63. The molecule has 0 radical (unpaired) electrons. The Morgan fingerprint density at radius 1 is 1.20 bits per heavy atom. The molecule has 1 N–H and O–H groups in total. The molecule has 0 atom stereocenters. The Kier molecular flexibility index (Phi) is 4.87. The van der Waals surface area contributed by atoms with Gasteiger partial charge in [-0.3, -0.25) is 4.98 Å². The molecule has 0 spiro atoms. The molecule has 5 nitrogen and oxygen atoms in total. The van der Waals surface area contributed by atoms with Crippen molar-refractivity contribution in [3.05, 3.63) is 30.4 Å². The second-order valence-electron chi connectivity index (χ2n) is 4.44. The Labute approximate surface area is 119 Å². The maximum Gasteiger partial charge on any atom is 0.137 e. The summed E-state index contributed by atoms with van der Waals surface area (Å²) >= 11 is 0. The second-order valence-corrected chi connectivity index (χ2v) is 4.44. The highest BCUT2D eigenvalue weighted by molar-refractivity contribution is 5.68. The Balaban J connectivity index is 2.51. The van der Waals surface area contributed by atoms with Gasteiger partial charge in [-0.05, 0) is 19.4 Å². The summed E-state index contributed by atoms with van der Waals surface area (Å²) in [4.78, 5) is 13.0. The molecule has 20 heavy (non-hydrogen) atoms. The number of rotatable bonds is 6. The molecular weight excluding hydrogens is 252 g/mol. The second kappa shape index (κ2) is 6.84. The highest BCUT2D eigenvalue weighted by atomic mass is 16.5. The topological polar surface area (TPSA) is 59.9 Å². The maximum absolute atomic E-state index is 5.23. The normalized spacial score (nSPS) is 10.3. The molecular formula is C15H20N4O. The Hall–Kier alpha value is -2.17. The third-order valence-corrected chi connectivity index (χ3v) is 3.01. The highest BCUT2D eigenvalue weighted by Crippen LogP contribution is 2.28. The van der Waals surface area contributed by atoms with E-state index in [0.717, 1.165) is 47.8 Å². The average Bonchev–Trinajstić information content (AvgIpc) is 2.49. The summed E-state index contributed by atoms with van der Waals surface area (Å²) in [5, 5.41) is 3.30. The zero-order chi connectivity index (χ0) is 14.4. The lowest BCUT2D eigenvalue weighted by Crippen LogP contribution is -2.06. The van der Waals surface area contributed by atoms with Gasteiger partial charge in [0.2, 0.25) is 0 Å². The standard InChI is InChI=1S/C15H20N4O/c1-4-6-13-14(18-10-19-15(13)17-5-2)11-7-12(20-3)9-16-8-11/h7-10H,4-6H2,1-3H3,(H,17,18,19). The van der Waals surface area contributed by atoms with E-state index in [2.05, 4.69) is 34.1 Å². The number of hydrogen-bond donors (Lipinski definition) is 1. The third-order valence-electron chi connectivity index (χ3n) is 3.01. The summed E-state index contributed by atoms with van der Waals surface area (Å²) in [6.45, 7) is 5.05. The molecule has 106 valence electrons. The maximum atomic E-state index is 5.23. The first kappa shape index (κ1) is 14.2. The number of nitrogens with zero attached hydrogens (tertiary/aromatic N) is 3. The molecule has 2 rings (SSSR count). The molecule has 0 fully saturated rings. The van der Waals surface area contributed by atoms with Gasteiger partial charge in [0, 0.05) is 23.9 Å². The minimum Gasteiger partial charge on any atom is -0.495 e. The van der Waals surface area contributed by atoms with Gasteiger partial charge >= 0.3 is 0 Å². The smallest absolute Gasteiger partial charge is 0.137 e. The number of aromatic nitrogens is 3. The van der Waals surface area contributed by atoms with Gasteiger partial charge in [-0.15, -0.1) is 0 Å². The van der Waals surface area contributed by atoms with Gasteiger partial charge in [-0.2, -0.15) is 0 Å². The van der Waals surface area contributed by atoms with E-state index in [9.17, 15) is 0 Å². The first-order valence-electron chi connectivity index (χ1n) is 6.87. The van der Waals surface area contributed by atoms with Crippen molar-refractivity contribution in [3.63, 3.8) is 0 Å². The van der Waals surface area contributed by atoms with Crippen LogP contribution in [0.5, 0.6) is 5.75 Å². The molecule has 0 aliphatic rings. The van der Waals surface area contributed by atoms with E-state index in [1.165, 1.54) is 0 Å². The molecule has 0 amide bonds. The first-order valence-corrected chi connectivity index (χ1v) is 6.87. The van der Waals surface area contributed by atoms with E-state index in [-0.39, 0.29) is 0 Å². The number of methoxy groups -OCH3 is 1. The van der Waals surface area contributed by atoms with Crippen molar-refractivity contribution < 1.29 is 4.74 Å². The summed E-state index contributed by atoms with van der Waals surface area (Å²) in [6.07, 6.45) is 7.05. The fourth-order valence-electron chi connectivity index (χ4n) is 2.13. The fraction of sp³-hybridized carbons (Fsp3) is 0.400. The average molecular weight is 272 g/mol. The van der Waals surface area contributed by atoms with Crippen LogP contribution in [0.2, 0.25) is 0 Å².